The molecule has 1 saturated heterocycles. The maximum absolute atomic E-state index is 13.3. The third kappa shape index (κ3) is 2.44. The van der Waals surface area contributed by atoms with Gasteiger partial charge in [0.25, 0.3) is 10.0 Å². The molecule has 1 fully saturated rings. The summed E-state index contributed by atoms with van der Waals surface area (Å²) in [7, 11) is -2.00. The quantitative estimate of drug-likeness (QED) is 0.871. The topological polar surface area (TPSA) is 55.2 Å². The SMILES string of the molecule is Cc1cc(F)ccc1[C@@H]1CCCN1S(=O)(=O)c1ccnn1C. The largest absolute Gasteiger partial charge is 0.260 e. The number of sulfonamides is 1. The van der Waals surface area contributed by atoms with Crippen LogP contribution in [-0.2, 0) is 17.1 Å². The lowest BCUT2D eigenvalue weighted by Crippen LogP contribution is -2.32. The van der Waals surface area contributed by atoms with Crippen LogP contribution in [0.1, 0.15) is 30.0 Å². The highest BCUT2D eigenvalue weighted by Crippen LogP contribution is 2.37. The van der Waals surface area contributed by atoms with Gasteiger partial charge in [-0.3, -0.25) is 4.68 Å². The van der Waals surface area contributed by atoms with E-state index in [4.69, 9.17) is 0 Å². The van der Waals surface area contributed by atoms with E-state index in [1.54, 1.807) is 13.1 Å². The van der Waals surface area contributed by atoms with Crippen molar-refractivity contribution < 1.29 is 12.8 Å². The lowest BCUT2D eigenvalue weighted by molar-refractivity contribution is 0.390. The number of hydrogen-bond acceptors (Lipinski definition) is 3. The minimum absolute atomic E-state index is 0.180. The molecule has 2 aromatic rings. The van der Waals surface area contributed by atoms with E-state index < -0.39 is 10.0 Å². The average molecular weight is 323 g/mol. The van der Waals surface area contributed by atoms with Gasteiger partial charge in [-0.15, -0.1) is 0 Å². The van der Waals surface area contributed by atoms with Crippen LogP contribution < -0.4 is 0 Å². The number of nitrogens with zero attached hydrogens (tertiary/aromatic N) is 3. The van der Waals surface area contributed by atoms with E-state index in [9.17, 15) is 12.8 Å². The second-order valence-electron chi connectivity index (χ2n) is 5.57. The Hall–Kier alpha value is -1.73. The van der Waals surface area contributed by atoms with E-state index in [0.717, 1.165) is 24.0 Å². The van der Waals surface area contributed by atoms with Crippen molar-refractivity contribution >= 4 is 10.0 Å². The highest BCUT2D eigenvalue weighted by atomic mass is 32.2. The first-order valence-electron chi connectivity index (χ1n) is 7.17. The van der Waals surface area contributed by atoms with Crippen molar-refractivity contribution in [3.8, 4) is 0 Å². The van der Waals surface area contributed by atoms with Crippen molar-refractivity contribution in [2.24, 2.45) is 7.05 Å². The molecule has 1 aliphatic rings. The maximum atomic E-state index is 13.3. The van der Waals surface area contributed by atoms with Crippen molar-refractivity contribution in [3.05, 3.63) is 47.4 Å². The highest BCUT2D eigenvalue weighted by Gasteiger charge is 2.38. The monoisotopic (exact) mass is 323 g/mol. The van der Waals surface area contributed by atoms with E-state index in [1.165, 1.54) is 33.4 Å². The summed E-state index contributed by atoms with van der Waals surface area (Å²) in [6, 6.07) is 5.77. The summed E-state index contributed by atoms with van der Waals surface area (Å²) in [5.74, 6) is -0.305. The molecule has 1 aromatic heterocycles. The molecule has 7 heteroatoms. The number of hydrogen-bond donors (Lipinski definition) is 0. The Kier molecular flexibility index (Phi) is 3.78. The zero-order valence-corrected chi connectivity index (χ0v) is 13.3. The first-order chi connectivity index (χ1) is 10.4. The second kappa shape index (κ2) is 5.48. The predicted octanol–water partition coefficient (Wildman–Crippen LogP) is 2.39. The molecule has 0 amide bonds. The van der Waals surface area contributed by atoms with Gasteiger partial charge in [-0.2, -0.15) is 9.40 Å². The second-order valence-corrected chi connectivity index (χ2v) is 7.41. The fraction of sp³-hybridized carbons (Fsp3) is 0.400. The van der Waals surface area contributed by atoms with Crippen LogP contribution in [0.15, 0.2) is 35.5 Å². The Morgan fingerprint density at radius 1 is 1.32 bits per heavy atom. The van der Waals surface area contributed by atoms with E-state index in [1.807, 2.05) is 6.92 Å². The third-order valence-corrected chi connectivity index (χ3v) is 6.13. The summed E-state index contributed by atoms with van der Waals surface area (Å²) in [6.45, 7) is 2.28. The number of benzene rings is 1. The van der Waals surface area contributed by atoms with Crippen molar-refractivity contribution in [1.29, 1.82) is 0 Å². The Morgan fingerprint density at radius 2 is 2.09 bits per heavy atom. The van der Waals surface area contributed by atoms with Gasteiger partial charge in [0.1, 0.15) is 5.82 Å². The average Bonchev–Trinajstić information content (AvgIpc) is 3.07. The molecule has 0 radical (unpaired) electrons. The molecule has 0 N–H and O–H groups in total. The van der Waals surface area contributed by atoms with Gasteiger partial charge >= 0.3 is 0 Å². The highest BCUT2D eigenvalue weighted by molar-refractivity contribution is 7.89. The van der Waals surface area contributed by atoms with E-state index in [2.05, 4.69) is 5.10 Å². The van der Waals surface area contributed by atoms with Crippen LogP contribution in [-0.4, -0.2) is 29.0 Å². The molecule has 118 valence electrons. The lowest BCUT2D eigenvalue weighted by atomic mass is 10.00. The fourth-order valence-electron chi connectivity index (χ4n) is 3.09. The minimum Gasteiger partial charge on any atom is -0.256 e. The zero-order chi connectivity index (χ0) is 15.9. The first-order valence-corrected chi connectivity index (χ1v) is 8.61. The number of halogens is 1. The molecule has 1 aromatic carbocycles. The van der Waals surface area contributed by atoms with Gasteiger partial charge in [0.2, 0.25) is 0 Å². The van der Waals surface area contributed by atoms with Crippen LogP contribution >= 0.6 is 0 Å². The van der Waals surface area contributed by atoms with Gasteiger partial charge in [0, 0.05) is 13.6 Å². The summed E-state index contributed by atoms with van der Waals surface area (Å²) in [4.78, 5) is 0. The molecule has 0 saturated carbocycles. The molecule has 22 heavy (non-hydrogen) atoms. The third-order valence-electron chi connectivity index (χ3n) is 4.14. The zero-order valence-electron chi connectivity index (χ0n) is 12.5. The summed E-state index contributed by atoms with van der Waals surface area (Å²) in [5, 5.41) is 4.12. The normalized spacial score (nSPS) is 19.7. The van der Waals surface area contributed by atoms with Gasteiger partial charge in [0.15, 0.2) is 5.03 Å². The Bertz CT molecular complexity index is 801. The fourth-order valence-corrected chi connectivity index (χ4v) is 4.86. The van der Waals surface area contributed by atoms with Gasteiger partial charge < -0.3 is 0 Å². The van der Waals surface area contributed by atoms with Crippen molar-refractivity contribution in [2.75, 3.05) is 6.54 Å². The molecule has 0 spiro atoms. The van der Waals surface area contributed by atoms with Crippen LogP contribution in [0.4, 0.5) is 4.39 Å². The first kappa shape index (κ1) is 15.2. The predicted molar refractivity (Wildman–Crippen MR) is 80.2 cm³/mol. The smallest absolute Gasteiger partial charge is 0.256 e. The van der Waals surface area contributed by atoms with E-state index >= 15 is 0 Å². The van der Waals surface area contributed by atoms with Gasteiger partial charge in [-0.05, 0) is 49.1 Å². The van der Waals surface area contributed by atoms with Crippen molar-refractivity contribution in [3.63, 3.8) is 0 Å². The van der Waals surface area contributed by atoms with Crippen LogP contribution in [0.3, 0.4) is 0 Å². The standard InChI is InChI=1S/C15H18FN3O2S/c1-11-10-12(16)5-6-13(11)14-4-3-9-19(14)22(20,21)15-7-8-17-18(15)2/h5-8,10,14H,3-4,9H2,1-2H3/t14-/m0/s1. The van der Waals surface area contributed by atoms with Crippen LogP contribution in [0.2, 0.25) is 0 Å². The molecular formula is C15H18FN3O2S. The van der Waals surface area contributed by atoms with E-state index in [0.29, 0.717) is 6.54 Å². The number of rotatable bonds is 3. The number of aryl methyl sites for hydroxylation is 2. The summed E-state index contributed by atoms with van der Waals surface area (Å²) in [6.07, 6.45) is 3.00. The molecular weight excluding hydrogens is 305 g/mol. The van der Waals surface area contributed by atoms with E-state index in [-0.39, 0.29) is 16.9 Å². The summed E-state index contributed by atoms with van der Waals surface area (Å²) in [5.41, 5.74) is 1.64. The Balaban J connectivity index is 2.02. The van der Waals surface area contributed by atoms with Crippen LogP contribution in [0.25, 0.3) is 0 Å². The minimum atomic E-state index is -3.61. The maximum Gasteiger partial charge on any atom is 0.260 e. The molecule has 1 aliphatic heterocycles. The van der Waals surface area contributed by atoms with Crippen molar-refractivity contribution in [1.82, 2.24) is 14.1 Å². The van der Waals surface area contributed by atoms with Gasteiger partial charge in [0.05, 0.1) is 12.2 Å². The lowest BCUT2D eigenvalue weighted by Gasteiger charge is -2.25. The molecule has 0 bridgehead atoms. The van der Waals surface area contributed by atoms with Gasteiger partial charge in [-0.1, -0.05) is 6.07 Å². The molecule has 1 atom stereocenters. The molecule has 5 nitrogen and oxygen atoms in total. The van der Waals surface area contributed by atoms with Crippen molar-refractivity contribution in [2.45, 2.75) is 30.8 Å². The molecule has 2 heterocycles. The summed E-state index contributed by atoms with van der Waals surface area (Å²) >= 11 is 0. The number of aromatic nitrogens is 2. The Labute approximate surface area is 129 Å². The van der Waals surface area contributed by atoms with Gasteiger partial charge in [-0.25, -0.2) is 12.8 Å². The molecule has 3 rings (SSSR count). The summed E-state index contributed by atoms with van der Waals surface area (Å²) < 4.78 is 41.9. The Morgan fingerprint density at radius 3 is 2.73 bits per heavy atom. The van der Waals surface area contributed by atoms with Crippen LogP contribution in [0, 0.1) is 12.7 Å². The molecule has 0 unspecified atom stereocenters. The van der Waals surface area contributed by atoms with Crippen LogP contribution in [0.5, 0.6) is 0 Å². The molecule has 0 aliphatic carbocycles.